The molecule has 0 radical (unpaired) electrons. The maximum Gasteiger partial charge on any atom is 0.234 e. The molecule has 162 valence electrons. The lowest BCUT2D eigenvalue weighted by molar-refractivity contribution is -0.136. The van der Waals surface area contributed by atoms with Crippen molar-refractivity contribution < 1.29 is 4.79 Å². The van der Waals surface area contributed by atoms with Crippen molar-refractivity contribution in [3.8, 4) is 0 Å². The molecule has 4 nitrogen and oxygen atoms in total. The molecule has 1 amide bonds. The largest absolute Gasteiger partial charge is 0.336 e. The van der Waals surface area contributed by atoms with E-state index in [4.69, 9.17) is 0 Å². The minimum atomic E-state index is -0.263. The summed E-state index contributed by atoms with van der Waals surface area (Å²) in [4.78, 5) is 23.7. The molecule has 2 bridgehead atoms. The normalized spacial score (nSPS) is 28.7. The SMILES string of the molecule is O=C(C(c1ccccc1)c1ccccc1)N1CC(c2cccnc2)C2C1C1CCN2CC1. The predicted octanol–water partition coefficient (Wildman–Crippen LogP) is 4.30. The van der Waals surface area contributed by atoms with Crippen molar-refractivity contribution in [2.24, 2.45) is 5.92 Å². The smallest absolute Gasteiger partial charge is 0.234 e. The molecular weight excluding hydrogens is 394 g/mol. The van der Waals surface area contributed by atoms with E-state index in [1.165, 1.54) is 18.4 Å². The fourth-order valence-corrected chi connectivity index (χ4v) is 6.50. The molecule has 4 aliphatic rings. The van der Waals surface area contributed by atoms with Gasteiger partial charge in [0.2, 0.25) is 5.91 Å². The average molecular weight is 424 g/mol. The van der Waals surface area contributed by atoms with Crippen molar-refractivity contribution in [1.82, 2.24) is 14.8 Å². The van der Waals surface area contributed by atoms with Gasteiger partial charge in [-0.1, -0.05) is 66.7 Å². The Labute approximate surface area is 189 Å². The van der Waals surface area contributed by atoms with E-state index in [0.717, 1.165) is 30.8 Å². The first-order valence-electron chi connectivity index (χ1n) is 11.9. The van der Waals surface area contributed by atoms with E-state index in [-0.39, 0.29) is 11.8 Å². The monoisotopic (exact) mass is 423 g/mol. The zero-order valence-corrected chi connectivity index (χ0v) is 18.3. The summed E-state index contributed by atoms with van der Waals surface area (Å²) < 4.78 is 0. The van der Waals surface area contributed by atoms with Gasteiger partial charge in [-0.15, -0.1) is 0 Å². The third-order valence-electron chi connectivity index (χ3n) is 7.90. The standard InChI is InChI=1S/C28H29N3O/c32-28(25(20-8-3-1-4-9-20)21-10-5-2-6-11-21)31-19-24(23-12-7-15-29-18-23)27-26(31)22-13-16-30(27)17-14-22/h1-12,15,18,22,24-27H,13-14,16-17,19H2. The van der Waals surface area contributed by atoms with Crippen LogP contribution in [0, 0.1) is 5.92 Å². The van der Waals surface area contributed by atoms with Gasteiger partial charge in [-0.2, -0.15) is 0 Å². The van der Waals surface area contributed by atoms with Crippen LogP contribution < -0.4 is 0 Å². The van der Waals surface area contributed by atoms with Crippen LogP contribution in [0.2, 0.25) is 0 Å². The minimum Gasteiger partial charge on any atom is -0.336 e. The van der Waals surface area contributed by atoms with Gasteiger partial charge in [-0.3, -0.25) is 14.7 Å². The molecule has 3 aromatic rings. The van der Waals surface area contributed by atoms with Gasteiger partial charge in [0.05, 0.1) is 12.0 Å². The summed E-state index contributed by atoms with van der Waals surface area (Å²) in [6.07, 6.45) is 6.25. The fourth-order valence-electron chi connectivity index (χ4n) is 6.50. The lowest BCUT2D eigenvalue weighted by Gasteiger charge is -2.51. The van der Waals surface area contributed by atoms with Gasteiger partial charge in [0.25, 0.3) is 0 Å². The van der Waals surface area contributed by atoms with Crippen molar-refractivity contribution in [2.75, 3.05) is 19.6 Å². The van der Waals surface area contributed by atoms with Gasteiger partial charge < -0.3 is 4.90 Å². The fraction of sp³-hybridized carbons (Fsp3) is 0.357. The Bertz CT molecular complexity index is 1020. The van der Waals surface area contributed by atoms with Gasteiger partial charge in [-0.05, 0) is 54.6 Å². The lowest BCUT2D eigenvalue weighted by Crippen LogP contribution is -2.61. The Hall–Kier alpha value is -2.98. The van der Waals surface area contributed by atoms with E-state index in [2.05, 4.69) is 45.1 Å². The topological polar surface area (TPSA) is 36.4 Å². The van der Waals surface area contributed by atoms with Crippen molar-refractivity contribution in [1.29, 1.82) is 0 Å². The van der Waals surface area contributed by atoms with Gasteiger partial charge in [0, 0.05) is 30.9 Å². The highest BCUT2D eigenvalue weighted by atomic mass is 16.2. The molecule has 32 heavy (non-hydrogen) atoms. The van der Waals surface area contributed by atoms with E-state index in [1.807, 2.05) is 54.9 Å². The van der Waals surface area contributed by atoms with Crippen LogP contribution in [0.3, 0.4) is 0 Å². The first-order chi connectivity index (χ1) is 15.8. The van der Waals surface area contributed by atoms with Gasteiger partial charge in [0.1, 0.15) is 0 Å². The molecular formula is C28H29N3O. The Kier molecular flexibility index (Phi) is 5.03. The molecule has 4 fully saturated rings. The summed E-state index contributed by atoms with van der Waals surface area (Å²) in [7, 11) is 0. The quantitative estimate of drug-likeness (QED) is 0.628. The number of benzene rings is 2. The molecule has 1 aromatic heterocycles. The van der Waals surface area contributed by atoms with Gasteiger partial charge in [0.15, 0.2) is 0 Å². The van der Waals surface area contributed by atoms with Crippen LogP contribution >= 0.6 is 0 Å². The molecule has 4 heteroatoms. The number of aromatic nitrogens is 1. The summed E-state index contributed by atoms with van der Waals surface area (Å²) in [6, 6.07) is 25.5. The second-order valence-electron chi connectivity index (χ2n) is 9.49. The number of nitrogens with zero attached hydrogens (tertiary/aromatic N) is 3. The number of carbonyl (C=O) groups excluding carboxylic acids is 1. The summed E-state index contributed by atoms with van der Waals surface area (Å²) in [6.45, 7) is 3.10. The molecule has 3 unspecified atom stereocenters. The minimum absolute atomic E-state index is 0.248. The highest BCUT2D eigenvalue weighted by molar-refractivity contribution is 5.88. The van der Waals surface area contributed by atoms with E-state index in [1.54, 1.807) is 0 Å². The van der Waals surface area contributed by atoms with Crippen molar-refractivity contribution in [3.63, 3.8) is 0 Å². The zero-order chi connectivity index (χ0) is 21.5. The Morgan fingerprint density at radius 3 is 2.09 bits per heavy atom. The first-order valence-corrected chi connectivity index (χ1v) is 11.9. The van der Waals surface area contributed by atoms with Crippen molar-refractivity contribution in [2.45, 2.75) is 36.8 Å². The van der Waals surface area contributed by atoms with E-state index in [9.17, 15) is 4.79 Å². The molecule has 0 saturated carbocycles. The third-order valence-corrected chi connectivity index (χ3v) is 7.90. The highest BCUT2D eigenvalue weighted by Gasteiger charge is 2.55. The molecule has 0 spiro atoms. The Balaban J connectivity index is 1.41. The number of hydrogen-bond donors (Lipinski definition) is 0. The van der Waals surface area contributed by atoms with Crippen LogP contribution in [-0.4, -0.2) is 52.4 Å². The molecule has 0 aliphatic carbocycles. The van der Waals surface area contributed by atoms with Gasteiger partial charge in [-0.25, -0.2) is 0 Å². The maximum absolute atomic E-state index is 14.3. The Morgan fingerprint density at radius 1 is 0.844 bits per heavy atom. The number of likely N-dealkylation sites (tertiary alicyclic amines) is 1. The molecule has 3 atom stereocenters. The van der Waals surface area contributed by atoms with Crippen LogP contribution in [0.25, 0.3) is 0 Å². The molecule has 7 rings (SSSR count). The number of fused-ring (bicyclic) bond motifs is 2. The predicted molar refractivity (Wildman–Crippen MR) is 125 cm³/mol. The number of rotatable bonds is 4. The number of piperidine rings is 3. The number of carbonyl (C=O) groups is 1. The molecule has 2 aromatic carbocycles. The van der Waals surface area contributed by atoms with Crippen LogP contribution in [0.15, 0.2) is 85.2 Å². The summed E-state index contributed by atoms with van der Waals surface area (Å²) in [5.74, 6) is 0.912. The van der Waals surface area contributed by atoms with E-state index >= 15 is 0 Å². The molecule has 0 N–H and O–H groups in total. The average Bonchev–Trinajstić information content (AvgIpc) is 3.30. The summed E-state index contributed by atoms with van der Waals surface area (Å²) in [5.41, 5.74) is 3.42. The summed E-state index contributed by atoms with van der Waals surface area (Å²) in [5, 5.41) is 0. The molecule has 4 saturated heterocycles. The highest BCUT2D eigenvalue weighted by Crippen LogP contribution is 2.47. The molecule has 5 heterocycles. The van der Waals surface area contributed by atoms with Crippen molar-refractivity contribution in [3.05, 3.63) is 102 Å². The number of amides is 1. The lowest BCUT2D eigenvalue weighted by atomic mass is 9.75. The molecule has 4 aliphatic heterocycles. The van der Waals surface area contributed by atoms with E-state index < -0.39 is 0 Å². The maximum atomic E-state index is 14.3. The van der Waals surface area contributed by atoms with Gasteiger partial charge >= 0.3 is 0 Å². The van der Waals surface area contributed by atoms with Crippen LogP contribution in [-0.2, 0) is 4.79 Å². The first kappa shape index (κ1) is 19.7. The summed E-state index contributed by atoms with van der Waals surface area (Å²) >= 11 is 0. The van der Waals surface area contributed by atoms with Crippen LogP contribution in [0.4, 0.5) is 0 Å². The second-order valence-corrected chi connectivity index (χ2v) is 9.49. The zero-order valence-electron chi connectivity index (χ0n) is 18.3. The van der Waals surface area contributed by atoms with Crippen molar-refractivity contribution >= 4 is 5.91 Å². The third kappa shape index (κ3) is 3.25. The van der Waals surface area contributed by atoms with Crippen LogP contribution in [0.1, 0.15) is 41.4 Å². The second kappa shape index (κ2) is 8.18. The van der Waals surface area contributed by atoms with Crippen LogP contribution in [0.5, 0.6) is 0 Å². The van der Waals surface area contributed by atoms with E-state index in [0.29, 0.717) is 23.9 Å². The number of pyridine rings is 1. The number of hydrogen-bond acceptors (Lipinski definition) is 3. The Morgan fingerprint density at radius 2 is 1.50 bits per heavy atom.